The number of aryl methyl sites for hydroxylation is 2. The molecule has 1 aromatic carbocycles. The number of ketones is 1. The van der Waals surface area contributed by atoms with Gasteiger partial charge in [0.25, 0.3) is 0 Å². The van der Waals surface area contributed by atoms with E-state index in [0.29, 0.717) is 5.78 Å². The van der Waals surface area contributed by atoms with Crippen molar-refractivity contribution >= 4 is 16.7 Å². The molecule has 1 atom stereocenters. The van der Waals surface area contributed by atoms with E-state index < -0.39 is 0 Å². The van der Waals surface area contributed by atoms with Crippen LogP contribution < -0.4 is 0 Å². The molecule has 0 aliphatic heterocycles. The third-order valence-electron chi connectivity index (χ3n) is 7.23. The van der Waals surface area contributed by atoms with E-state index in [1.807, 2.05) is 19.3 Å². The van der Waals surface area contributed by atoms with E-state index in [0.717, 1.165) is 48.6 Å². The quantitative estimate of drug-likeness (QED) is 0.553. The molecular formula is C25H31N3O. The smallest absolute Gasteiger partial charge is 0.170 e. The van der Waals surface area contributed by atoms with Crippen molar-refractivity contribution in [1.29, 1.82) is 0 Å². The highest BCUT2D eigenvalue weighted by Crippen LogP contribution is 2.36. The third-order valence-corrected chi connectivity index (χ3v) is 7.23. The molecule has 1 saturated carbocycles. The van der Waals surface area contributed by atoms with Crippen LogP contribution in [0.4, 0.5) is 0 Å². The molecule has 0 radical (unpaired) electrons. The average Bonchev–Trinajstić information content (AvgIpc) is 3.45. The zero-order valence-corrected chi connectivity index (χ0v) is 17.4. The number of aromatic nitrogens is 3. The van der Waals surface area contributed by atoms with E-state index >= 15 is 0 Å². The van der Waals surface area contributed by atoms with Crippen molar-refractivity contribution in [2.45, 2.75) is 71.4 Å². The van der Waals surface area contributed by atoms with Gasteiger partial charge in [-0.2, -0.15) is 0 Å². The fraction of sp³-hybridized carbons (Fsp3) is 0.520. The van der Waals surface area contributed by atoms with Gasteiger partial charge in [0.15, 0.2) is 5.78 Å². The highest BCUT2D eigenvalue weighted by atomic mass is 16.1. The van der Waals surface area contributed by atoms with Crippen molar-refractivity contribution in [3.63, 3.8) is 0 Å². The Balaban J connectivity index is 1.42. The first kappa shape index (κ1) is 18.7. The van der Waals surface area contributed by atoms with Crippen molar-refractivity contribution < 1.29 is 4.79 Å². The summed E-state index contributed by atoms with van der Waals surface area (Å²) in [6.07, 6.45) is 14.0. The number of para-hydroxylation sites is 1. The molecule has 152 valence electrons. The van der Waals surface area contributed by atoms with Crippen molar-refractivity contribution in [2.75, 3.05) is 0 Å². The number of nitrogens with zero attached hydrogens (tertiary/aromatic N) is 3. The molecule has 4 nitrogen and oxygen atoms in total. The molecule has 5 rings (SSSR count). The molecule has 0 bridgehead atoms. The van der Waals surface area contributed by atoms with E-state index in [4.69, 9.17) is 0 Å². The number of hydrogen-bond acceptors (Lipinski definition) is 2. The maximum absolute atomic E-state index is 13.5. The van der Waals surface area contributed by atoms with Gasteiger partial charge in [-0.1, -0.05) is 43.9 Å². The van der Waals surface area contributed by atoms with Crippen LogP contribution in [0.2, 0.25) is 0 Å². The first-order valence-corrected chi connectivity index (χ1v) is 11.3. The van der Waals surface area contributed by atoms with Gasteiger partial charge in [0.1, 0.15) is 5.82 Å². The van der Waals surface area contributed by atoms with Gasteiger partial charge in [0.2, 0.25) is 0 Å². The van der Waals surface area contributed by atoms with E-state index in [1.165, 1.54) is 49.7 Å². The Kier molecular flexibility index (Phi) is 5.03. The summed E-state index contributed by atoms with van der Waals surface area (Å²) < 4.78 is 4.59. The second kappa shape index (κ2) is 7.81. The number of fused-ring (bicyclic) bond motifs is 3. The molecule has 2 aromatic heterocycles. The van der Waals surface area contributed by atoms with Gasteiger partial charge >= 0.3 is 0 Å². The van der Waals surface area contributed by atoms with Crippen LogP contribution in [0.5, 0.6) is 0 Å². The van der Waals surface area contributed by atoms with Crippen LogP contribution in [0, 0.1) is 18.8 Å². The average molecular weight is 390 g/mol. The summed E-state index contributed by atoms with van der Waals surface area (Å²) in [5.41, 5.74) is 3.52. The van der Waals surface area contributed by atoms with Gasteiger partial charge in [0.05, 0.1) is 0 Å². The number of Topliss-reactive ketones (excluding diaryl/α,β-unsaturated/α-hetero) is 1. The predicted molar refractivity (Wildman–Crippen MR) is 116 cm³/mol. The molecule has 0 amide bonds. The molecule has 2 aliphatic carbocycles. The molecule has 2 heterocycles. The van der Waals surface area contributed by atoms with E-state index in [1.54, 1.807) is 0 Å². The Morgan fingerprint density at radius 2 is 1.97 bits per heavy atom. The Bertz CT molecular complexity index is 1020. The summed E-state index contributed by atoms with van der Waals surface area (Å²) in [5, 5.41) is 1.15. The van der Waals surface area contributed by atoms with Crippen molar-refractivity contribution in [3.8, 4) is 0 Å². The molecule has 29 heavy (non-hydrogen) atoms. The first-order valence-electron chi connectivity index (χ1n) is 11.3. The highest BCUT2D eigenvalue weighted by Gasteiger charge is 2.33. The molecule has 3 aromatic rings. The van der Waals surface area contributed by atoms with Gasteiger partial charge in [-0.05, 0) is 44.6 Å². The van der Waals surface area contributed by atoms with E-state index in [-0.39, 0.29) is 5.92 Å². The standard InChI is InChI=1S/C25H31N3O/c1-18-26-14-16-27(18)17-20-12-13-23-24(25(20)29)21-10-4-5-11-22(21)28(23)15-6-9-19-7-2-3-8-19/h4-5,10-11,14,16,19-20H,2-3,6-9,12-13,15,17H2,1H3. The van der Waals surface area contributed by atoms with Crippen LogP contribution in [0.3, 0.4) is 0 Å². The monoisotopic (exact) mass is 389 g/mol. The topological polar surface area (TPSA) is 39.8 Å². The minimum Gasteiger partial charge on any atom is -0.344 e. The van der Waals surface area contributed by atoms with Crippen LogP contribution in [0.15, 0.2) is 36.7 Å². The zero-order chi connectivity index (χ0) is 19.8. The van der Waals surface area contributed by atoms with Crippen molar-refractivity contribution in [2.24, 2.45) is 11.8 Å². The Morgan fingerprint density at radius 3 is 2.76 bits per heavy atom. The fourth-order valence-corrected chi connectivity index (χ4v) is 5.64. The molecule has 2 aliphatic rings. The van der Waals surface area contributed by atoms with E-state index in [2.05, 4.69) is 38.4 Å². The van der Waals surface area contributed by atoms with Crippen molar-refractivity contribution in [1.82, 2.24) is 14.1 Å². The number of carbonyl (C=O) groups excluding carboxylic acids is 1. The van der Waals surface area contributed by atoms with Crippen molar-refractivity contribution in [3.05, 3.63) is 53.7 Å². The normalized spacial score (nSPS) is 19.9. The van der Waals surface area contributed by atoms with Crippen LogP contribution in [0.1, 0.15) is 66.8 Å². The largest absolute Gasteiger partial charge is 0.344 e. The SMILES string of the molecule is Cc1nccn1CC1CCc2c(c3ccccc3n2CCCC2CCCC2)C1=O. The highest BCUT2D eigenvalue weighted by molar-refractivity contribution is 6.11. The lowest BCUT2D eigenvalue weighted by Crippen LogP contribution is -2.27. The minimum atomic E-state index is 0.0492. The Labute approximate surface area is 172 Å². The van der Waals surface area contributed by atoms with E-state index in [9.17, 15) is 4.79 Å². The zero-order valence-electron chi connectivity index (χ0n) is 17.4. The summed E-state index contributed by atoms with van der Waals surface area (Å²) in [5.74, 6) is 2.29. The third kappa shape index (κ3) is 3.43. The van der Waals surface area contributed by atoms with Crippen LogP contribution in [-0.2, 0) is 19.5 Å². The maximum Gasteiger partial charge on any atom is 0.170 e. The summed E-state index contributed by atoms with van der Waals surface area (Å²) in [6.45, 7) is 3.80. The summed E-state index contributed by atoms with van der Waals surface area (Å²) in [4.78, 5) is 17.8. The Hall–Kier alpha value is -2.36. The number of rotatable bonds is 6. The Morgan fingerprint density at radius 1 is 1.14 bits per heavy atom. The molecule has 0 spiro atoms. The van der Waals surface area contributed by atoms with Gasteiger partial charge < -0.3 is 9.13 Å². The predicted octanol–water partition coefficient (Wildman–Crippen LogP) is 5.56. The summed E-state index contributed by atoms with van der Waals surface area (Å²) >= 11 is 0. The van der Waals surface area contributed by atoms with Crippen LogP contribution in [-0.4, -0.2) is 19.9 Å². The molecule has 0 saturated heterocycles. The lowest BCUT2D eigenvalue weighted by molar-refractivity contribution is 0.0887. The summed E-state index contributed by atoms with van der Waals surface area (Å²) in [7, 11) is 0. The second-order valence-electron chi connectivity index (χ2n) is 9.01. The van der Waals surface area contributed by atoms with Gasteiger partial charge in [-0.25, -0.2) is 4.98 Å². The number of hydrogen-bond donors (Lipinski definition) is 0. The van der Waals surface area contributed by atoms with Gasteiger partial charge in [-0.15, -0.1) is 0 Å². The number of benzene rings is 1. The molecule has 0 N–H and O–H groups in total. The lowest BCUT2D eigenvalue weighted by atomic mass is 9.85. The molecule has 1 fully saturated rings. The van der Waals surface area contributed by atoms with Crippen LogP contribution in [0.25, 0.3) is 10.9 Å². The summed E-state index contributed by atoms with van der Waals surface area (Å²) in [6, 6.07) is 8.52. The van der Waals surface area contributed by atoms with Gasteiger partial charge in [0, 0.05) is 53.6 Å². The molecule has 1 unspecified atom stereocenters. The number of carbonyl (C=O) groups is 1. The fourth-order valence-electron chi connectivity index (χ4n) is 5.64. The second-order valence-corrected chi connectivity index (χ2v) is 9.01. The lowest BCUT2D eigenvalue weighted by Gasteiger charge is -2.24. The molecular weight excluding hydrogens is 358 g/mol. The molecule has 4 heteroatoms. The van der Waals surface area contributed by atoms with Gasteiger partial charge in [-0.3, -0.25) is 4.79 Å². The van der Waals surface area contributed by atoms with Crippen LogP contribution >= 0.6 is 0 Å². The first-order chi connectivity index (χ1) is 14.2. The number of imidazole rings is 1. The maximum atomic E-state index is 13.5. The minimum absolute atomic E-state index is 0.0492.